The maximum absolute atomic E-state index is 12.5. The van der Waals surface area contributed by atoms with E-state index in [4.69, 9.17) is 11.6 Å². The second kappa shape index (κ2) is 7.19. The van der Waals surface area contributed by atoms with E-state index in [1.807, 2.05) is 28.9 Å². The van der Waals surface area contributed by atoms with Gasteiger partial charge in [0.05, 0.1) is 15.7 Å². The van der Waals surface area contributed by atoms with E-state index in [1.165, 1.54) is 22.3 Å². The third-order valence-electron chi connectivity index (χ3n) is 4.24. The summed E-state index contributed by atoms with van der Waals surface area (Å²) in [5.41, 5.74) is 1.75. The maximum Gasteiger partial charge on any atom is 0.244 e. The molecule has 0 bridgehead atoms. The van der Waals surface area contributed by atoms with Gasteiger partial charge in [-0.15, -0.1) is 0 Å². The van der Waals surface area contributed by atoms with Crippen molar-refractivity contribution in [3.05, 3.63) is 53.6 Å². The van der Waals surface area contributed by atoms with Gasteiger partial charge in [-0.25, -0.2) is 18.4 Å². The Morgan fingerprint density at radius 1 is 1.12 bits per heavy atom. The maximum atomic E-state index is 12.5. The molecule has 0 N–H and O–H groups in total. The number of halogens is 1. The Hall–Kier alpha value is -1.61. The van der Waals surface area contributed by atoms with E-state index in [1.54, 1.807) is 12.1 Å². The van der Waals surface area contributed by atoms with Crippen molar-refractivity contribution in [1.29, 1.82) is 0 Å². The van der Waals surface area contributed by atoms with Crippen LogP contribution in [0.4, 0.5) is 0 Å². The number of rotatable bonds is 5. The average molecular weight is 409 g/mol. The van der Waals surface area contributed by atoms with Crippen LogP contribution in [0.15, 0.2) is 52.8 Å². The highest BCUT2D eigenvalue weighted by Gasteiger charge is 2.27. The first-order valence-corrected chi connectivity index (χ1v) is 11.0. The Morgan fingerprint density at radius 3 is 2.65 bits per heavy atom. The first kappa shape index (κ1) is 17.8. The lowest BCUT2D eigenvalue weighted by Crippen LogP contribution is -2.27. The summed E-state index contributed by atoms with van der Waals surface area (Å²) in [6.45, 7) is 1.19. The molecule has 1 aliphatic heterocycles. The molecule has 0 unspecified atom stereocenters. The van der Waals surface area contributed by atoms with Gasteiger partial charge in [0.1, 0.15) is 10.5 Å². The first-order chi connectivity index (χ1) is 12.5. The third kappa shape index (κ3) is 3.59. The van der Waals surface area contributed by atoms with E-state index in [-0.39, 0.29) is 4.90 Å². The van der Waals surface area contributed by atoms with E-state index < -0.39 is 10.0 Å². The molecule has 0 aromatic carbocycles. The molecule has 0 atom stereocenters. The standard InChI is InChI=1S/C17H17ClN4O2S2/c18-13-3-5-16-20-14(11-21(16)10-13)12-25-17-6-4-15(9-19-17)26(23,24)22-7-1-2-8-22/h3-6,9-11H,1-2,7-8,12H2. The number of imidazole rings is 1. The van der Waals surface area contributed by atoms with Gasteiger partial charge in [-0.1, -0.05) is 23.4 Å². The normalized spacial score (nSPS) is 15.7. The van der Waals surface area contributed by atoms with Crippen molar-refractivity contribution >= 4 is 39.0 Å². The molecule has 0 amide bonds. The van der Waals surface area contributed by atoms with Crippen molar-refractivity contribution in [2.75, 3.05) is 13.1 Å². The molecule has 26 heavy (non-hydrogen) atoms. The summed E-state index contributed by atoms with van der Waals surface area (Å²) in [6, 6.07) is 7.06. The topological polar surface area (TPSA) is 67.6 Å². The fourth-order valence-corrected chi connectivity index (χ4v) is 5.27. The summed E-state index contributed by atoms with van der Waals surface area (Å²) >= 11 is 7.50. The smallest absolute Gasteiger partial charge is 0.244 e. The average Bonchev–Trinajstić information content (AvgIpc) is 3.30. The molecular weight excluding hydrogens is 392 g/mol. The molecule has 3 aromatic heterocycles. The minimum atomic E-state index is -3.41. The predicted octanol–water partition coefficient (Wildman–Crippen LogP) is 3.46. The zero-order chi connectivity index (χ0) is 18.1. The van der Waals surface area contributed by atoms with Crippen LogP contribution in [0, 0.1) is 0 Å². The Balaban J connectivity index is 1.45. The monoisotopic (exact) mass is 408 g/mol. The Morgan fingerprint density at radius 2 is 1.92 bits per heavy atom. The number of hydrogen-bond acceptors (Lipinski definition) is 5. The highest BCUT2D eigenvalue weighted by Crippen LogP contribution is 2.24. The Labute approximate surface area is 161 Å². The van der Waals surface area contributed by atoms with Crippen LogP contribution in [0.1, 0.15) is 18.5 Å². The van der Waals surface area contributed by atoms with Gasteiger partial charge in [-0.3, -0.25) is 0 Å². The number of pyridine rings is 2. The number of nitrogens with zero attached hydrogens (tertiary/aromatic N) is 4. The second-order valence-electron chi connectivity index (χ2n) is 6.08. The molecule has 0 saturated carbocycles. The van der Waals surface area contributed by atoms with Gasteiger partial charge < -0.3 is 4.40 Å². The van der Waals surface area contributed by atoms with Crippen molar-refractivity contribution in [3.8, 4) is 0 Å². The van der Waals surface area contributed by atoms with Crippen LogP contribution < -0.4 is 0 Å². The van der Waals surface area contributed by atoms with Gasteiger partial charge >= 0.3 is 0 Å². The van der Waals surface area contributed by atoms with Crippen LogP contribution in [0.2, 0.25) is 5.02 Å². The van der Waals surface area contributed by atoms with Gasteiger partial charge in [0.15, 0.2) is 0 Å². The predicted molar refractivity (Wildman–Crippen MR) is 102 cm³/mol. The van der Waals surface area contributed by atoms with Crippen molar-refractivity contribution in [2.24, 2.45) is 0 Å². The minimum absolute atomic E-state index is 0.256. The summed E-state index contributed by atoms with van der Waals surface area (Å²) in [5, 5.41) is 1.42. The molecule has 4 heterocycles. The number of hydrogen-bond donors (Lipinski definition) is 0. The molecule has 0 radical (unpaired) electrons. The molecule has 4 rings (SSSR count). The van der Waals surface area contributed by atoms with Gasteiger partial charge in [0, 0.05) is 37.4 Å². The largest absolute Gasteiger partial charge is 0.305 e. The fourth-order valence-electron chi connectivity index (χ4n) is 2.92. The lowest BCUT2D eigenvalue weighted by Gasteiger charge is -2.15. The van der Waals surface area contributed by atoms with E-state index in [9.17, 15) is 8.42 Å². The van der Waals surface area contributed by atoms with Crippen molar-refractivity contribution < 1.29 is 8.42 Å². The Bertz CT molecular complexity index is 1030. The summed E-state index contributed by atoms with van der Waals surface area (Å²) in [7, 11) is -3.41. The lowest BCUT2D eigenvalue weighted by molar-refractivity contribution is 0.477. The molecule has 0 aliphatic carbocycles. The fraction of sp³-hybridized carbons (Fsp3) is 0.294. The molecule has 1 aliphatic rings. The van der Waals surface area contributed by atoms with Gasteiger partial charge in [0.25, 0.3) is 0 Å². The van der Waals surface area contributed by atoms with E-state index in [2.05, 4.69) is 9.97 Å². The van der Waals surface area contributed by atoms with Crippen molar-refractivity contribution in [2.45, 2.75) is 28.5 Å². The molecule has 0 spiro atoms. The molecule has 3 aromatic rings. The lowest BCUT2D eigenvalue weighted by atomic mass is 10.4. The van der Waals surface area contributed by atoms with Crippen LogP contribution in [-0.4, -0.2) is 40.2 Å². The van der Waals surface area contributed by atoms with E-state index in [0.717, 1.165) is 29.2 Å². The van der Waals surface area contributed by atoms with E-state index in [0.29, 0.717) is 23.9 Å². The number of fused-ring (bicyclic) bond motifs is 1. The minimum Gasteiger partial charge on any atom is -0.305 e. The summed E-state index contributed by atoms with van der Waals surface area (Å²) in [4.78, 5) is 9.09. The van der Waals surface area contributed by atoms with Crippen LogP contribution >= 0.6 is 23.4 Å². The van der Waals surface area contributed by atoms with Crippen molar-refractivity contribution in [1.82, 2.24) is 18.7 Å². The van der Waals surface area contributed by atoms with Crippen LogP contribution in [0.25, 0.3) is 5.65 Å². The summed E-state index contributed by atoms with van der Waals surface area (Å²) < 4.78 is 28.4. The SMILES string of the molecule is O=S(=O)(c1ccc(SCc2cn3cc(Cl)ccc3n2)nc1)N1CCCC1. The van der Waals surface area contributed by atoms with Crippen LogP contribution in [-0.2, 0) is 15.8 Å². The first-order valence-electron chi connectivity index (χ1n) is 8.24. The number of aromatic nitrogens is 3. The Kier molecular flexibility index (Phi) is 4.92. The summed E-state index contributed by atoms with van der Waals surface area (Å²) in [6.07, 6.45) is 7.03. The summed E-state index contributed by atoms with van der Waals surface area (Å²) in [5.74, 6) is 0.643. The molecule has 136 valence electrons. The zero-order valence-electron chi connectivity index (χ0n) is 13.9. The second-order valence-corrected chi connectivity index (χ2v) is 9.45. The molecule has 6 nitrogen and oxygen atoms in total. The van der Waals surface area contributed by atoms with Gasteiger partial charge in [-0.2, -0.15) is 4.31 Å². The quantitative estimate of drug-likeness (QED) is 0.605. The van der Waals surface area contributed by atoms with Crippen LogP contribution in [0.3, 0.4) is 0 Å². The highest BCUT2D eigenvalue weighted by molar-refractivity contribution is 7.98. The highest BCUT2D eigenvalue weighted by atomic mass is 35.5. The molecular formula is C17H17ClN4O2S2. The third-order valence-corrected chi connectivity index (χ3v) is 7.33. The number of thioether (sulfide) groups is 1. The van der Waals surface area contributed by atoms with Gasteiger partial charge in [-0.05, 0) is 37.1 Å². The van der Waals surface area contributed by atoms with Gasteiger partial charge in [0.2, 0.25) is 10.0 Å². The zero-order valence-corrected chi connectivity index (χ0v) is 16.3. The van der Waals surface area contributed by atoms with E-state index >= 15 is 0 Å². The molecule has 1 fully saturated rings. The van der Waals surface area contributed by atoms with Crippen LogP contribution in [0.5, 0.6) is 0 Å². The number of sulfonamides is 1. The molecule has 9 heteroatoms. The van der Waals surface area contributed by atoms with Crippen molar-refractivity contribution in [3.63, 3.8) is 0 Å². The molecule has 1 saturated heterocycles.